The zero-order valence-electron chi connectivity index (χ0n) is 18.6. The number of nitrogens with one attached hydrogen (secondary N) is 1. The minimum Gasteiger partial charge on any atom is -0.350 e. The molecule has 3 aromatic carbocycles. The Kier molecular flexibility index (Phi) is 5.90. The molecule has 5 heteroatoms. The molecule has 0 saturated heterocycles. The first-order chi connectivity index (χ1) is 15.3. The maximum Gasteiger partial charge on any atom is 0.282 e. The lowest BCUT2D eigenvalue weighted by Crippen LogP contribution is -2.32. The van der Waals surface area contributed by atoms with Crippen LogP contribution in [-0.2, 0) is 9.59 Å². The maximum absolute atomic E-state index is 13.5. The Hall–Kier alpha value is -3.37. The molecule has 0 saturated carbocycles. The Labute approximate surface area is 193 Å². The molecule has 0 spiro atoms. The highest BCUT2D eigenvalue weighted by Crippen LogP contribution is 2.35. The molecule has 1 N–H and O–H groups in total. The van der Waals surface area contributed by atoms with E-state index in [9.17, 15) is 9.59 Å². The second-order valence-corrected chi connectivity index (χ2v) is 8.80. The SMILES string of the molecule is Cc1ccc(C2=C(Nc3ccc(C)c(Cl)c3)C(=O)N(c3ccc(C(C)C)cc3)C2=O)cc1. The number of nitrogens with zero attached hydrogens (tertiary/aromatic N) is 1. The number of hydrogen-bond donors (Lipinski definition) is 1. The molecule has 3 aromatic rings. The summed E-state index contributed by atoms with van der Waals surface area (Å²) in [5, 5.41) is 3.75. The molecule has 32 heavy (non-hydrogen) atoms. The number of carbonyl (C=O) groups is 2. The first-order valence-corrected chi connectivity index (χ1v) is 11.0. The lowest BCUT2D eigenvalue weighted by atomic mass is 10.0. The lowest BCUT2D eigenvalue weighted by molar-refractivity contribution is -0.120. The molecular formula is C27H25ClN2O2. The van der Waals surface area contributed by atoms with E-state index in [0.29, 0.717) is 33.5 Å². The number of aryl methyl sites for hydroxylation is 2. The van der Waals surface area contributed by atoms with Crippen molar-refractivity contribution in [2.45, 2.75) is 33.6 Å². The van der Waals surface area contributed by atoms with Gasteiger partial charge in [0, 0.05) is 10.7 Å². The van der Waals surface area contributed by atoms with E-state index in [1.807, 2.05) is 74.5 Å². The Balaban J connectivity index is 1.79. The molecule has 162 valence electrons. The van der Waals surface area contributed by atoms with E-state index < -0.39 is 0 Å². The van der Waals surface area contributed by atoms with E-state index in [-0.39, 0.29) is 17.5 Å². The van der Waals surface area contributed by atoms with Gasteiger partial charge in [0.25, 0.3) is 11.8 Å². The molecule has 0 unspecified atom stereocenters. The normalized spacial score (nSPS) is 14.0. The average molecular weight is 445 g/mol. The van der Waals surface area contributed by atoms with Crippen LogP contribution in [0.1, 0.15) is 42.0 Å². The minimum atomic E-state index is -0.389. The highest BCUT2D eigenvalue weighted by molar-refractivity contribution is 6.46. The quantitative estimate of drug-likeness (QED) is 0.458. The number of hydrogen-bond acceptors (Lipinski definition) is 3. The third kappa shape index (κ3) is 4.06. The van der Waals surface area contributed by atoms with Gasteiger partial charge in [-0.15, -0.1) is 0 Å². The Morgan fingerprint density at radius 1 is 0.844 bits per heavy atom. The molecular weight excluding hydrogens is 420 g/mol. The standard InChI is InChI=1S/C27H25ClN2O2/c1-16(2)19-10-13-22(14-11-19)30-26(31)24(20-8-5-17(3)6-9-20)25(27(30)32)29-21-12-7-18(4)23(28)15-21/h5-16,29H,1-4H3. The molecule has 0 aromatic heterocycles. The zero-order valence-corrected chi connectivity index (χ0v) is 19.3. The summed E-state index contributed by atoms with van der Waals surface area (Å²) < 4.78 is 0. The van der Waals surface area contributed by atoms with Gasteiger partial charge in [-0.1, -0.05) is 73.5 Å². The van der Waals surface area contributed by atoms with Gasteiger partial charge >= 0.3 is 0 Å². The maximum atomic E-state index is 13.5. The second kappa shape index (κ2) is 8.64. The Morgan fingerprint density at radius 3 is 2.09 bits per heavy atom. The second-order valence-electron chi connectivity index (χ2n) is 8.40. The summed E-state index contributed by atoms with van der Waals surface area (Å²) in [5.74, 6) is -0.379. The number of halogens is 1. The fraction of sp³-hybridized carbons (Fsp3) is 0.185. The molecule has 0 aliphatic carbocycles. The fourth-order valence-corrected chi connectivity index (χ4v) is 3.87. The zero-order chi connectivity index (χ0) is 23.0. The van der Waals surface area contributed by atoms with Gasteiger partial charge in [-0.2, -0.15) is 0 Å². The van der Waals surface area contributed by atoms with Gasteiger partial charge in [-0.3, -0.25) is 9.59 Å². The minimum absolute atomic E-state index is 0.242. The van der Waals surface area contributed by atoms with E-state index in [0.717, 1.165) is 16.7 Å². The Bertz CT molecular complexity index is 1230. The van der Waals surface area contributed by atoms with Crippen LogP contribution >= 0.6 is 11.6 Å². The van der Waals surface area contributed by atoms with Gasteiger partial charge in [0.15, 0.2) is 0 Å². The van der Waals surface area contributed by atoms with Gasteiger partial charge in [-0.05, 0) is 60.7 Å². The molecule has 0 fully saturated rings. The van der Waals surface area contributed by atoms with E-state index >= 15 is 0 Å². The summed E-state index contributed by atoms with van der Waals surface area (Å²) in [6.07, 6.45) is 0. The lowest BCUT2D eigenvalue weighted by Gasteiger charge is -2.16. The largest absolute Gasteiger partial charge is 0.350 e. The number of amides is 2. The summed E-state index contributed by atoms with van der Waals surface area (Å²) in [6, 6.07) is 20.6. The number of imide groups is 1. The molecule has 2 amide bonds. The Morgan fingerprint density at radius 2 is 1.50 bits per heavy atom. The summed E-state index contributed by atoms with van der Waals surface area (Å²) in [6.45, 7) is 8.10. The van der Waals surface area contributed by atoms with Crippen molar-refractivity contribution in [3.8, 4) is 0 Å². The molecule has 4 rings (SSSR count). The summed E-state index contributed by atoms with van der Waals surface area (Å²) in [4.78, 5) is 28.3. The van der Waals surface area contributed by atoms with Gasteiger partial charge in [0.05, 0.1) is 11.3 Å². The van der Waals surface area contributed by atoms with Crippen molar-refractivity contribution in [2.24, 2.45) is 0 Å². The van der Waals surface area contributed by atoms with Crippen LogP contribution in [0, 0.1) is 13.8 Å². The van der Waals surface area contributed by atoms with E-state index in [1.165, 1.54) is 4.90 Å². The molecule has 4 nitrogen and oxygen atoms in total. The fourth-order valence-electron chi connectivity index (χ4n) is 3.69. The third-order valence-corrected chi connectivity index (χ3v) is 6.09. The molecule has 0 bridgehead atoms. The van der Waals surface area contributed by atoms with Crippen LogP contribution in [0.25, 0.3) is 5.57 Å². The van der Waals surface area contributed by atoms with Crippen molar-refractivity contribution < 1.29 is 9.59 Å². The molecule has 0 atom stereocenters. The predicted molar refractivity (Wildman–Crippen MR) is 131 cm³/mol. The summed E-state index contributed by atoms with van der Waals surface area (Å²) in [5.41, 5.74) is 5.64. The highest BCUT2D eigenvalue weighted by Gasteiger charge is 2.40. The molecule has 1 aliphatic heterocycles. The number of benzene rings is 3. The van der Waals surface area contributed by atoms with Crippen molar-refractivity contribution >= 4 is 40.4 Å². The smallest absolute Gasteiger partial charge is 0.282 e. The molecule has 1 aliphatic rings. The topological polar surface area (TPSA) is 49.4 Å². The molecule has 1 heterocycles. The van der Waals surface area contributed by atoms with Crippen molar-refractivity contribution in [1.29, 1.82) is 0 Å². The van der Waals surface area contributed by atoms with Gasteiger partial charge < -0.3 is 5.32 Å². The van der Waals surface area contributed by atoms with Crippen LogP contribution in [0.3, 0.4) is 0 Å². The third-order valence-electron chi connectivity index (χ3n) is 5.68. The highest BCUT2D eigenvalue weighted by atomic mass is 35.5. The number of carbonyl (C=O) groups excluding carboxylic acids is 2. The van der Waals surface area contributed by atoms with Crippen molar-refractivity contribution in [1.82, 2.24) is 0 Å². The van der Waals surface area contributed by atoms with Crippen molar-refractivity contribution in [3.05, 3.63) is 99.7 Å². The van der Waals surface area contributed by atoms with Crippen LogP contribution in [-0.4, -0.2) is 11.8 Å². The van der Waals surface area contributed by atoms with Crippen molar-refractivity contribution in [3.63, 3.8) is 0 Å². The van der Waals surface area contributed by atoms with Crippen molar-refractivity contribution in [2.75, 3.05) is 10.2 Å². The van der Waals surface area contributed by atoms with Gasteiger partial charge in [0.1, 0.15) is 5.70 Å². The van der Waals surface area contributed by atoms with E-state index in [4.69, 9.17) is 11.6 Å². The van der Waals surface area contributed by atoms with E-state index in [1.54, 1.807) is 6.07 Å². The van der Waals surface area contributed by atoms with Crippen LogP contribution in [0.4, 0.5) is 11.4 Å². The predicted octanol–water partition coefficient (Wildman–Crippen LogP) is 6.48. The number of anilines is 2. The van der Waals surface area contributed by atoms with Gasteiger partial charge in [-0.25, -0.2) is 4.90 Å². The van der Waals surface area contributed by atoms with Crippen LogP contribution in [0.15, 0.2) is 72.4 Å². The van der Waals surface area contributed by atoms with Crippen LogP contribution in [0.5, 0.6) is 0 Å². The van der Waals surface area contributed by atoms with Crippen LogP contribution in [0.2, 0.25) is 5.02 Å². The first-order valence-electron chi connectivity index (χ1n) is 10.6. The summed E-state index contributed by atoms with van der Waals surface area (Å²) in [7, 11) is 0. The number of rotatable bonds is 5. The van der Waals surface area contributed by atoms with Crippen LogP contribution < -0.4 is 10.2 Å². The monoisotopic (exact) mass is 444 g/mol. The summed E-state index contributed by atoms with van der Waals surface area (Å²) >= 11 is 6.28. The van der Waals surface area contributed by atoms with E-state index in [2.05, 4.69) is 19.2 Å². The first kappa shape index (κ1) is 21.8. The van der Waals surface area contributed by atoms with Gasteiger partial charge in [0.2, 0.25) is 0 Å². The molecule has 0 radical (unpaired) electrons. The average Bonchev–Trinajstić information content (AvgIpc) is 3.01.